The molecule has 1 N–H and O–H groups in total. The molecule has 0 bridgehead atoms. The number of rotatable bonds is 7. The van der Waals surface area contributed by atoms with Crippen molar-refractivity contribution in [1.29, 1.82) is 0 Å². The van der Waals surface area contributed by atoms with Gasteiger partial charge in [-0.1, -0.05) is 0 Å². The van der Waals surface area contributed by atoms with Gasteiger partial charge in [-0.25, -0.2) is 0 Å². The van der Waals surface area contributed by atoms with Gasteiger partial charge in [0.15, 0.2) is 0 Å². The van der Waals surface area contributed by atoms with Crippen LogP contribution in [0.3, 0.4) is 0 Å². The van der Waals surface area contributed by atoms with Crippen molar-refractivity contribution in [2.75, 3.05) is 39.3 Å². The van der Waals surface area contributed by atoms with E-state index in [-0.39, 0.29) is 17.9 Å². The van der Waals surface area contributed by atoms with Gasteiger partial charge in [0, 0.05) is 55.8 Å². The average Bonchev–Trinajstić information content (AvgIpc) is 3.23. The van der Waals surface area contributed by atoms with Crippen molar-refractivity contribution in [2.24, 2.45) is 0 Å². The van der Waals surface area contributed by atoms with Crippen LogP contribution < -0.4 is 10.1 Å². The third-order valence-electron chi connectivity index (χ3n) is 4.63. The molecule has 7 heteroatoms. The van der Waals surface area contributed by atoms with E-state index < -0.39 is 0 Å². The molecule has 1 fully saturated rings. The Hall–Kier alpha value is -2.38. The predicted molar refractivity (Wildman–Crippen MR) is 111 cm³/mol. The lowest BCUT2D eigenvalue weighted by molar-refractivity contribution is 0.0638. The molecule has 3 rings (SSSR count). The number of nitrogens with zero attached hydrogens (tertiary/aromatic N) is 2. The van der Waals surface area contributed by atoms with Crippen LogP contribution in [0.5, 0.6) is 5.75 Å². The summed E-state index contributed by atoms with van der Waals surface area (Å²) in [6, 6.07) is 9.17. The van der Waals surface area contributed by atoms with Crippen LogP contribution in [-0.2, 0) is 0 Å². The number of piperazine rings is 1. The number of benzene rings is 1. The maximum Gasteiger partial charge on any atom is 0.253 e. The normalized spacial score (nSPS) is 14.9. The SMILES string of the molecule is CC(C)Oc1ccc(C(=O)N2CCN(CCNC(=O)c3ccsc3)CC2)cc1. The van der Waals surface area contributed by atoms with Crippen molar-refractivity contribution in [3.63, 3.8) is 0 Å². The molecule has 1 aliphatic rings. The monoisotopic (exact) mass is 401 g/mol. The zero-order chi connectivity index (χ0) is 19.9. The van der Waals surface area contributed by atoms with Crippen LogP contribution in [0.15, 0.2) is 41.1 Å². The first kappa shape index (κ1) is 20.4. The van der Waals surface area contributed by atoms with E-state index in [1.54, 1.807) is 0 Å². The van der Waals surface area contributed by atoms with Gasteiger partial charge >= 0.3 is 0 Å². The third kappa shape index (κ3) is 5.56. The van der Waals surface area contributed by atoms with Gasteiger partial charge in [-0.05, 0) is 49.6 Å². The van der Waals surface area contributed by atoms with Crippen LogP contribution >= 0.6 is 11.3 Å². The Morgan fingerprint density at radius 1 is 1.07 bits per heavy atom. The number of carbonyl (C=O) groups excluding carboxylic acids is 2. The number of nitrogens with one attached hydrogen (secondary N) is 1. The van der Waals surface area contributed by atoms with Gasteiger partial charge in [0.05, 0.1) is 6.10 Å². The summed E-state index contributed by atoms with van der Waals surface area (Å²) < 4.78 is 5.63. The van der Waals surface area contributed by atoms with Crippen LogP contribution in [0, 0.1) is 0 Å². The van der Waals surface area contributed by atoms with Crippen molar-refractivity contribution >= 4 is 23.2 Å². The molecule has 0 spiro atoms. The summed E-state index contributed by atoms with van der Waals surface area (Å²) in [6.45, 7) is 8.38. The minimum Gasteiger partial charge on any atom is -0.491 e. The van der Waals surface area contributed by atoms with Gasteiger partial charge in [0.1, 0.15) is 5.75 Å². The van der Waals surface area contributed by atoms with Gasteiger partial charge in [0.2, 0.25) is 0 Å². The van der Waals surface area contributed by atoms with Crippen molar-refractivity contribution in [3.8, 4) is 5.75 Å². The highest BCUT2D eigenvalue weighted by Crippen LogP contribution is 2.16. The number of hydrogen-bond acceptors (Lipinski definition) is 5. The number of thiophene rings is 1. The summed E-state index contributed by atoms with van der Waals surface area (Å²) in [7, 11) is 0. The Bertz CT molecular complexity index is 767. The smallest absolute Gasteiger partial charge is 0.253 e. The first-order valence-corrected chi connectivity index (χ1v) is 10.6. The highest BCUT2D eigenvalue weighted by atomic mass is 32.1. The molecule has 0 unspecified atom stereocenters. The molecule has 2 amide bonds. The first-order chi connectivity index (χ1) is 13.5. The van der Waals surface area contributed by atoms with E-state index in [2.05, 4.69) is 10.2 Å². The minimum absolute atomic E-state index is 0.0278. The molecular weight excluding hydrogens is 374 g/mol. The summed E-state index contributed by atoms with van der Waals surface area (Å²) in [6.07, 6.45) is 0.115. The average molecular weight is 402 g/mol. The zero-order valence-corrected chi connectivity index (χ0v) is 17.2. The number of carbonyl (C=O) groups is 2. The molecule has 1 aromatic carbocycles. The summed E-state index contributed by atoms with van der Waals surface area (Å²) in [4.78, 5) is 28.8. The van der Waals surface area contributed by atoms with E-state index in [1.165, 1.54) is 11.3 Å². The molecule has 1 aliphatic heterocycles. The fourth-order valence-electron chi connectivity index (χ4n) is 3.13. The van der Waals surface area contributed by atoms with Crippen LogP contribution in [0.2, 0.25) is 0 Å². The largest absolute Gasteiger partial charge is 0.491 e. The molecular formula is C21H27N3O3S. The summed E-state index contributed by atoms with van der Waals surface area (Å²) in [5, 5.41) is 6.69. The highest BCUT2D eigenvalue weighted by Gasteiger charge is 2.22. The molecule has 0 radical (unpaired) electrons. The lowest BCUT2D eigenvalue weighted by atomic mass is 10.1. The van der Waals surface area contributed by atoms with E-state index in [9.17, 15) is 9.59 Å². The molecule has 6 nitrogen and oxygen atoms in total. The van der Waals surface area contributed by atoms with Gasteiger partial charge in [-0.15, -0.1) is 0 Å². The maximum atomic E-state index is 12.7. The molecule has 2 heterocycles. The van der Waals surface area contributed by atoms with Gasteiger partial charge in [-0.3, -0.25) is 14.5 Å². The van der Waals surface area contributed by atoms with Gasteiger partial charge in [0.25, 0.3) is 11.8 Å². The van der Waals surface area contributed by atoms with Crippen molar-refractivity contribution in [3.05, 3.63) is 52.2 Å². The quantitative estimate of drug-likeness (QED) is 0.775. The van der Waals surface area contributed by atoms with Gasteiger partial charge in [-0.2, -0.15) is 11.3 Å². The Balaban J connectivity index is 1.40. The summed E-state index contributed by atoms with van der Waals surface area (Å²) in [5.74, 6) is 0.808. The second-order valence-electron chi connectivity index (χ2n) is 7.09. The van der Waals surface area contributed by atoms with E-state index in [1.807, 2.05) is 59.8 Å². The third-order valence-corrected chi connectivity index (χ3v) is 5.31. The van der Waals surface area contributed by atoms with Crippen molar-refractivity contribution in [2.45, 2.75) is 20.0 Å². The fraction of sp³-hybridized carbons (Fsp3) is 0.429. The standard InChI is InChI=1S/C21H27N3O3S/c1-16(2)27-19-5-3-17(4-6-19)21(26)24-12-10-23(11-13-24)9-8-22-20(25)18-7-14-28-15-18/h3-7,14-16H,8-13H2,1-2H3,(H,22,25). The topological polar surface area (TPSA) is 61.9 Å². The van der Waals surface area contributed by atoms with E-state index >= 15 is 0 Å². The Morgan fingerprint density at radius 2 is 1.79 bits per heavy atom. The summed E-state index contributed by atoms with van der Waals surface area (Å²) in [5.41, 5.74) is 1.40. The Morgan fingerprint density at radius 3 is 2.39 bits per heavy atom. The molecule has 28 heavy (non-hydrogen) atoms. The van der Waals surface area contributed by atoms with Crippen LogP contribution in [0.25, 0.3) is 0 Å². The molecule has 0 atom stereocenters. The van der Waals surface area contributed by atoms with Crippen LogP contribution in [0.1, 0.15) is 34.6 Å². The van der Waals surface area contributed by atoms with Crippen molar-refractivity contribution < 1.29 is 14.3 Å². The lowest BCUT2D eigenvalue weighted by Gasteiger charge is -2.34. The van der Waals surface area contributed by atoms with Crippen LogP contribution in [-0.4, -0.2) is 67.0 Å². The zero-order valence-electron chi connectivity index (χ0n) is 16.4. The minimum atomic E-state index is -0.0278. The molecule has 1 aromatic heterocycles. The Labute approximate surface area is 170 Å². The van der Waals surface area contributed by atoms with Gasteiger partial charge < -0.3 is 15.0 Å². The van der Waals surface area contributed by atoms with E-state index in [0.717, 1.165) is 25.4 Å². The van der Waals surface area contributed by atoms with Crippen LogP contribution in [0.4, 0.5) is 0 Å². The Kier molecular flexibility index (Phi) is 7.06. The molecule has 150 valence electrons. The molecule has 2 aromatic rings. The summed E-state index contributed by atoms with van der Waals surface area (Å²) >= 11 is 1.52. The number of hydrogen-bond donors (Lipinski definition) is 1. The number of amides is 2. The predicted octanol–water partition coefficient (Wildman–Crippen LogP) is 2.72. The second-order valence-corrected chi connectivity index (χ2v) is 7.87. The lowest BCUT2D eigenvalue weighted by Crippen LogP contribution is -2.50. The maximum absolute atomic E-state index is 12.7. The first-order valence-electron chi connectivity index (χ1n) is 9.61. The molecule has 1 saturated heterocycles. The highest BCUT2D eigenvalue weighted by molar-refractivity contribution is 7.08. The molecule has 0 saturated carbocycles. The van der Waals surface area contributed by atoms with E-state index in [4.69, 9.17) is 4.74 Å². The van der Waals surface area contributed by atoms with E-state index in [0.29, 0.717) is 30.8 Å². The second kappa shape index (κ2) is 9.71. The number of ether oxygens (including phenoxy) is 1. The van der Waals surface area contributed by atoms with Crippen molar-refractivity contribution in [1.82, 2.24) is 15.1 Å². The fourth-order valence-corrected chi connectivity index (χ4v) is 3.76. The molecule has 0 aliphatic carbocycles.